The number of benzene rings is 1. The maximum atomic E-state index is 12.4. The first-order valence-electron chi connectivity index (χ1n) is 12.7. The normalized spacial score (nSPS) is 14.7. The molecule has 7 heteroatoms. The van der Waals surface area contributed by atoms with Crippen LogP contribution < -0.4 is 5.32 Å². The predicted molar refractivity (Wildman–Crippen MR) is 142 cm³/mol. The van der Waals surface area contributed by atoms with E-state index in [1.807, 2.05) is 26.0 Å². The highest BCUT2D eigenvalue weighted by Crippen LogP contribution is 2.25. The van der Waals surface area contributed by atoms with Crippen molar-refractivity contribution in [2.75, 3.05) is 26.8 Å². The molecule has 1 heterocycles. The van der Waals surface area contributed by atoms with Crippen LogP contribution in [0.2, 0.25) is 0 Å². The fraction of sp³-hybridized carbons (Fsp3) is 0.630. The molecule has 1 aliphatic rings. The molecule has 7 nitrogen and oxygen atoms in total. The number of hydrogen-bond donors (Lipinski definition) is 4. The van der Waals surface area contributed by atoms with Gasteiger partial charge in [0.05, 0.1) is 5.70 Å². The van der Waals surface area contributed by atoms with E-state index >= 15 is 0 Å². The van der Waals surface area contributed by atoms with Gasteiger partial charge in [-0.3, -0.25) is 4.79 Å². The molecule has 1 aliphatic heterocycles. The first-order chi connectivity index (χ1) is 16.6. The van der Waals surface area contributed by atoms with E-state index in [1.54, 1.807) is 11.0 Å². The third-order valence-corrected chi connectivity index (χ3v) is 5.34. The Kier molecular flexibility index (Phi) is 18.9. The molecular weight excluding hydrogens is 430 g/mol. The van der Waals surface area contributed by atoms with Gasteiger partial charge in [-0.2, -0.15) is 0 Å². The molecule has 0 saturated heterocycles. The van der Waals surface area contributed by atoms with Gasteiger partial charge < -0.3 is 25.5 Å². The number of aryl methyl sites for hydroxylation is 1. The number of carbonyl (C=O) groups is 1. The van der Waals surface area contributed by atoms with Gasteiger partial charge in [0.1, 0.15) is 18.6 Å². The van der Waals surface area contributed by atoms with Gasteiger partial charge in [0, 0.05) is 32.2 Å². The van der Waals surface area contributed by atoms with Crippen LogP contribution in [0.25, 0.3) is 5.70 Å². The lowest BCUT2D eigenvalue weighted by atomic mass is 10.1. The summed E-state index contributed by atoms with van der Waals surface area (Å²) in [4.78, 5) is 18.9. The number of aliphatic hydroxyl groups is 3. The zero-order chi connectivity index (χ0) is 25.8. The second kappa shape index (κ2) is 20.2. The SMILES string of the molecule is CC.CCCCCC1=NC(c2ccc(CC)cc2)=CC(O)N1CC(=O)NCCCCCO.CO. The van der Waals surface area contributed by atoms with E-state index in [0.29, 0.717) is 6.54 Å². The van der Waals surface area contributed by atoms with Crippen molar-refractivity contribution < 1.29 is 20.1 Å². The molecule has 4 N–H and O–H groups in total. The summed E-state index contributed by atoms with van der Waals surface area (Å²) in [5, 5.41) is 29.5. The lowest BCUT2D eigenvalue weighted by Gasteiger charge is -2.32. The molecule has 1 atom stereocenters. The number of aliphatic imine (C=N–C) groups is 1. The molecule has 194 valence electrons. The van der Waals surface area contributed by atoms with Gasteiger partial charge in [-0.25, -0.2) is 4.99 Å². The van der Waals surface area contributed by atoms with Gasteiger partial charge in [0.25, 0.3) is 0 Å². The number of aliphatic hydroxyl groups excluding tert-OH is 3. The molecule has 0 bridgehead atoms. The number of amides is 1. The van der Waals surface area contributed by atoms with E-state index in [0.717, 1.165) is 75.6 Å². The third kappa shape index (κ3) is 11.8. The van der Waals surface area contributed by atoms with Crippen LogP contribution in [0, 0.1) is 0 Å². The molecule has 1 aromatic rings. The predicted octanol–water partition coefficient (Wildman–Crippen LogP) is 4.12. The Hall–Kier alpha value is -2.22. The van der Waals surface area contributed by atoms with E-state index in [4.69, 9.17) is 15.2 Å². The van der Waals surface area contributed by atoms with Crippen LogP contribution in [0.15, 0.2) is 35.3 Å². The van der Waals surface area contributed by atoms with E-state index in [-0.39, 0.29) is 19.1 Å². The van der Waals surface area contributed by atoms with Crippen molar-refractivity contribution in [2.24, 2.45) is 4.99 Å². The summed E-state index contributed by atoms with van der Waals surface area (Å²) in [6, 6.07) is 8.26. The van der Waals surface area contributed by atoms with Crippen molar-refractivity contribution in [3.8, 4) is 0 Å². The van der Waals surface area contributed by atoms with E-state index in [1.165, 1.54) is 5.56 Å². The van der Waals surface area contributed by atoms with Gasteiger partial charge in [-0.1, -0.05) is 64.8 Å². The Labute approximate surface area is 206 Å². The molecule has 0 spiro atoms. The summed E-state index contributed by atoms with van der Waals surface area (Å²) < 4.78 is 0. The Bertz CT molecular complexity index is 717. The lowest BCUT2D eigenvalue weighted by Crippen LogP contribution is -2.47. The van der Waals surface area contributed by atoms with Crippen LogP contribution in [0.4, 0.5) is 0 Å². The maximum Gasteiger partial charge on any atom is 0.239 e. The molecule has 1 aromatic carbocycles. The molecule has 2 rings (SSSR count). The van der Waals surface area contributed by atoms with Crippen LogP contribution in [0.3, 0.4) is 0 Å². The molecule has 34 heavy (non-hydrogen) atoms. The highest BCUT2D eigenvalue weighted by molar-refractivity contribution is 5.93. The first kappa shape index (κ1) is 31.8. The Morgan fingerprint density at radius 2 is 1.71 bits per heavy atom. The van der Waals surface area contributed by atoms with Crippen molar-refractivity contribution >= 4 is 17.4 Å². The average molecular weight is 478 g/mol. The van der Waals surface area contributed by atoms with Crippen LogP contribution in [-0.4, -0.2) is 65.0 Å². The standard InChI is InChI=1S/C24H37N3O3.C2H6.CH4O/c1-3-5-7-10-22-26-21(20-13-11-19(4-2)12-14-20)17-24(30)27(22)18-23(29)25-15-8-6-9-16-28;2*1-2/h11-14,17,24,28,30H,3-10,15-16,18H2,1-2H3,(H,25,29);1-2H3;2H,1H3. The topological polar surface area (TPSA) is 105 Å². The zero-order valence-electron chi connectivity index (χ0n) is 21.9. The lowest BCUT2D eigenvalue weighted by molar-refractivity contribution is -0.122. The van der Waals surface area contributed by atoms with Gasteiger partial charge >= 0.3 is 0 Å². The van der Waals surface area contributed by atoms with Gasteiger partial charge in [0.15, 0.2) is 0 Å². The molecule has 1 amide bonds. The van der Waals surface area contributed by atoms with Crippen molar-refractivity contribution in [3.05, 3.63) is 41.5 Å². The van der Waals surface area contributed by atoms with Gasteiger partial charge in [-0.05, 0) is 43.7 Å². The highest BCUT2D eigenvalue weighted by atomic mass is 16.3. The summed E-state index contributed by atoms with van der Waals surface area (Å²) in [6.45, 7) is 9.13. The molecular formula is C27H47N3O4. The Morgan fingerprint density at radius 1 is 1.03 bits per heavy atom. The van der Waals surface area contributed by atoms with Crippen molar-refractivity contribution in [3.63, 3.8) is 0 Å². The van der Waals surface area contributed by atoms with Gasteiger partial charge in [-0.15, -0.1) is 0 Å². The number of hydrogen-bond acceptors (Lipinski definition) is 6. The number of nitrogens with zero attached hydrogens (tertiary/aromatic N) is 2. The van der Waals surface area contributed by atoms with Crippen molar-refractivity contribution in [1.82, 2.24) is 10.2 Å². The Morgan fingerprint density at radius 3 is 2.29 bits per heavy atom. The molecule has 0 radical (unpaired) electrons. The quantitative estimate of drug-likeness (QED) is 0.320. The largest absolute Gasteiger partial charge is 0.400 e. The number of carbonyl (C=O) groups excluding carboxylic acids is 1. The number of unbranched alkanes of at least 4 members (excludes halogenated alkanes) is 4. The van der Waals surface area contributed by atoms with E-state index in [2.05, 4.69) is 31.3 Å². The first-order valence-corrected chi connectivity index (χ1v) is 12.7. The minimum Gasteiger partial charge on any atom is -0.400 e. The number of rotatable bonds is 13. The average Bonchev–Trinajstić information content (AvgIpc) is 2.88. The third-order valence-electron chi connectivity index (χ3n) is 5.34. The van der Waals surface area contributed by atoms with Crippen LogP contribution in [0.1, 0.15) is 83.8 Å². The van der Waals surface area contributed by atoms with Crippen molar-refractivity contribution in [1.29, 1.82) is 0 Å². The molecule has 0 fully saturated rings. The molecule has 0 aromatic heterocycles. The monoisotopic (exact) mass is 477 g/mol. The minimum atomic E-state index is -0.875. The summed E-state index contributed by atoms with van der Waals surface area (Å²) in [7, 11) is 1.00. The van der Waals surface area contributed by atoms with Crippen LogP contribution in [-0.2, 0) is 11.2 Å². The molecule has 0 aliphatic carbocycles. The fourth-order valence-corrected chi connectivity index (χ4v) is 3.47. The molecule has 1 unspecified atom stereocenters. The second-order valence-corrected chi connectivity index (χ2v) is 7.76. The minimum absolute atomic E-state index is 0.0880. The van der Waals surface area contributed by atoms with E-state index < -0.39 is 6.23 Å². The smallest absolute Gasteiger partial charge is 0.239 e. The summed E-state index contributed by atoms with van der Waals surface area (Å²) in [5.74, 6) is 0.647. The Balaban J connectivity index is 0.00000258. The van der Waals surface area contributed by atoms with Crippen LogP contribution >= 0.6 is 0 Å². The summed E-state index contributed by atoms with van der Waals surface area (Å²) >= 11 is 0. The molecule has 0 saturated carbocycles. The zero-order valence-corrected chi connectivity index (χ0v) is 21.9. The maximum absolute atomic E-state index is 12.4. The van der Waals surface area contributed by atoms with Crippen molar-refractivity contribution in [2.45, 2.75) is 85.3 Å². The summed E-state index contributed by atoms with van der Waals surface area (Å²) in [6.07, 6.45) is 8.20. The van der Waals surface area contributed by atoms with Gasteiger partial charge in [0.2, 0.25) is 5.91 Å². The second-order valence-electron chi connectivity index (χ2n) is 7.76. The fourth-order valence-electron chi connectivity index (χ4n) is 3.47. The summed E-state index contributed by atoms with van der Waals surface area (Å²) in [5.41, 5.74) is 3.00. The van der Waals surface area contributed by atoms with Crippen LogP contribution in [0.5, 0.6) is 0 Å². The number of amidine groups is 1. The highest BCUT2D eigenvalue weighted by Gasteiger charge is 2.25. The number of nitrogens with one attached hydrogen (secondary N) is 1. The van der Waals surface area contributed by atoms with E-state index in [9.17, 15) is 9.90 Å².